The first kappa shape index (κ1) is 12.1. The maximum absolute atomic E-state index is 12.0. The Morgan fingerprint density at radius 2 is 2.35 bits per heavy atom. The van der Waals surface area contributed by atoms with Crippen LogP contribution in [-0.2, 0) is 16.0 Å². The smallest absolute Gasteiger partial charge is 0.254 e. The van der Waals surface area contributed by atoms with E-state index in [2.05, 4.69) is 5.32 Å². The number of fused-ring (bicyclic) bond motifs is 1. The zero-order valence-electron chi connectivity index (χ0n) is 9.98. The number of rotatable bonds is 3. The van der Waals surface area contributed by atoms with Crippen molar-refractivity contribution in [3.8, 4) is 0 Å². The fraction of sp³-hybridized carbons (Fsp3) is 0.462. The molecule has 1 aliphatic rings. The molecule has 0 aliphatic carbocycles. The number of carbonyl (C=O) groups excluding carboxylic acids is 1. The number of nitrogens with one attached hydrogen (secondary N) is 1. The van der Waals surface area contributed by atoms with Crippen molar-refractivity contribution in [3.63, 3.8) is 0 Å². The standard InChI is InChI=1S/C13H18N2O2/c1-9(8-14)15-13(16)12-11-5-3-2-4-10(11)6-7-17-12/h2-5,9,12H,6-8,14H2,1H3,(H,15,16)/t9-,12?/m1/s1. The van der Waals surface area contributed by atoms with E-state index in [1.165, 1.54) is 5.56 Å². The third-order valence-electron chi connectivity index (χ3n) is 2.97. The zero-order valence-corrected chi connectivity index (χ0v) is 9.98. The van der Waals surface area contributed by atoms with E-state index in [-0.39, 0.29) is 11.9 Å². The molecule has 4 heteroatoms. The molecule has 17 heavy (non-hydrogen) atoms. The lowest BCUT2D eigenvalue weighted by molar-refractivity contribution is -0.134. The third-order valence-corrected chi connectivity index (χ3v) is 2.97. The summed E-state index contributed by atoms with van der Waals surface area (Å²) in [6, 6.07) is 7.89. The van der Waals surface area contributed by atoms with Crippen molar-refractivity contribution >= 4 is 5.91 Å². The van der Waals surface area contributed by atoms with E-state index in [0.29, 0.717) is 13.2 Å². The summed E-state index contributed by atoms with van der Waals surface area (Å²) in [4.78, 5) is 12.0. The molecule has 0 saturated heterocycles. The second-order valence-electron chi connectivity index (χ2n) is 4.34. The van der Waals surface area contributed by atoms with Crippen molar-refractivity contribution in [2.24, 2.45) is 5.73 Å². The Balaban J connectivity index is 2.15. The maximum atomic E-state index is 12.0. The van der Waals surface area contributed by atoms with Crippen molar-refractivity contribution in [2.45, 2.75) is 25.5 Å². The van der Waals surface area contributed by atoms with Crippen molar-refractivity contribution < 1.29 is 9.53 Å². The number of hydrogen-bond acceptors (Lipinski definition) is 3. The van der Waals surface area contributed by atoms with E-state index in [4.69, 9.17) is 10.5 Å². The van der Waals surface area contributed by atoms with E-state index in [1.807, 2.05) is 31.2 Å². The third kappa shape index (κ3) is 2.65. The van der Waals surface area contributed by atoms with Crippen LogP contribution >= 0.6 is 0 Å². The van der Waals surface area contributed by atoms with Crippen LogP contribution < -0.4 is 11.1 Å². The van der Waals surface area contributed by atoms with Crippen molar-refractivity contribution in [2.75, 3.05) is 13.2 Å². The monoisotopic (exact) mass is 234 g/mol. The Labute approximate surface area is 101 Å². The van der Waals surface area contributed by atoms with Gasteiger partial charge in [0.15, 0.2) is 6.10 Å². The van der Waals surface area contributed by atoms with Crippen LogP contribution in [0.2, 0.25) is 0 Å². The molecule has 1 unspecified atom stereocenters. The van der Waals surface area contributed by atoms with E-state index in [9.17, 15) is 4.79 Å². The van der Waals surface area contributed by atoms with Crippen molar-refractivity contribution in [1.82, 2.24) is 5.32 Å². The summed E-state index contributed by atoms with van der Waals surface area (Å²) < 4.78 is 5.56. The summed E-state index contributed by atoms with van der Waals surface area (Å²) in [6.45, 7) is 2.90. The zero-order chi connectivity index (χ0) is 12.3. The second-order valence-corrected chi connectivity index (χ2v) is 4.34. The molecule has 4 nitrogen and oxygen atoms in total. The van der Waals surface area contributed by atoms with Crippen LogP contribution in [0.25, 0.3) is 0 Å². The maximum Gasteiger partial charge on any atom is 0.254 e. The van der Waals surface area contributed by atoms with Gasteiger partial charge < -0.3 is 15.8 Å². The topological polar surface area (TPSA) is 64.3 Å². The molecule has 2 rings (SSSR count). The van der Waals surface area contributed by atoms with Gasteiger partial charge in [-0.2, -0.15) is 0 Å². The fourth-order valence-corrected chi connectivity index (χ4v) is 1.99. The van der Waals surface area contributed by atoms with Crippen LogP contribution in [0.5, 0.6) is 0 Å². The molecule has 1 aromatic carbocycles. The Hall–Kier alpha value is -1.39. The first-order chi connectivity index (χ1) is 8.22. The minimum atomic E-state index is -0.492. The van der Waals surface area contributed by atoms with Gasteiger partial charge in [-0.05, 0) is 24.5 Å². The number of benzene rings is 1. The Morgan fingerprint density at radius 3 is 3.12 bits per heavy atom. The van der Waals surface area contributed by atoms with Gasteiger partial charge in [-0.25, -0.2) is 0 Å². The van der Waals surface area contributed by atoms with Gasteiger partial charge in [0.1, 0.15) is 0 Å². The minimum Gasteiger partial charge on any atom is -0.363 e. The molecule has 1 heterocycles. The highest BCUT2D eigenvalue weighted by Gasteiger charge is 2.27. The lowest BCUT2D eigenvalue weighted by Crippen LogP contribution is -2.42. The van der Waals surface area contributed by atoms with Crippen LogP contribution in [0.4, 0.5) is 0 Å². The van der Waals surface area contributed by atoms with E-state index >= 15 is 0 Å². The van der Waals surface area contributed by atoms with E-state index in [1.54, 1.807) is 0 Å². The number of nitrogens with two attached hydrogens (primary N) is 1. The summed E-state index contributed by atoms with van der Waals surface area (Å²) >= 11 is 0. The molecule has 0 fully saturated rings. The molecule has 3 N–H and O–H groups in total. The molecule has 0 radical (unpaired) electrons. The molecule has 0 bridgehead atoms. The molecule has 0 spiro atoms. The van der Waals surface area contributed by atoms with Gasteiger partial charge in [0.2, 0.25) is 0 Å². The lowest BCUT2D eigenvalue weighted by Gasteiger charge is -2.26. The largest absolute Gasteiger partial charge is 0.363 e. The van der Waals surface area contributed by atoms with Gasteiger partial charge in [-0.1, -0.05) is 24.3 Å². The molecule has 0 aromatic heterocycles. The van der Waals surface area contributed by atoms with E-state index < -0.39 is 6.10 Å². The Kier molecular flexibility index (Phi) is 3.76. The van der Waals surface area contributed by atoms with Crippen LogP contribution in [0.3, 0.4) is 0 Å². The highest BCUT2D eigenvalue weighted by Crippen LogP contribution is 2.26. The predicted molar refractivity (Wildman–Crippen MR) is 65.5 cm³/mol. The summed E-state index contributed by atoms with van der Waals surface area (Å²) in [7, 11) is 0. The highest BCUT2D eigenvalue weighted by molar-refractivity contribution is 5.83. The molecule has 92 valence electrons. The molecule has 1 aliphatic heterocycles. The van der Waals surface area contributed by atoms with Gasteiger partial charge in [0.25, 0.3) is 5.91 Å². The van der Waals surface area contributed by atoms with Crippen molar-refractivity contribution in [3.05, 3.63) is 35.4 Å². The van der Waals surface area contributed by atoms with Gasteiger partial charge >= 0.3 is 0 Å². The number of amides is 1. The predicted octanol–water partition coefficient (Wildman–Crippen LogP) is 0.764. The lowest BCUT2D eigenvalue weighted by atomic mass is 9.97. The SMILES string of the molecule is C[C@H](CN)NC(=O)C1OCCc2ccccc21. The molecule has 0 saturated carbocycles. The average Bonchev–Trinajstić information content (AvgIpc) is 2.37. The van der Waals surface area contributed by atoms with Gasteiger partial charge in [-0.3, -0.25) is 4.79 Å². The Morgan fingerprint density at radius 1 is 1.59 bits per heavy atom. The van der Waals surface area contributed by atoms with Crippen LogP contribution in [0, 0.1) is 0 Å². The van der Waals surface area contributed by atoms with E-state index in [0.717, 1.165) is 12.0 Å². The first-order valence-electron chi connectivity index (χ1n) is 5.92. The first-order valence-corrected chi connectivity index (χ1v) is 5.92. The molecular weight excluding hydrogens is 216 g/mol. The van der Waals surface area contributed by atoms with Gasteiger partial charge in [0.05, 0.1) is 6.61 Å². The van der Waals surface area contributed by atoms with Crippen LogP contribution in [0.15, 0.2) is 24.3 Å². The molecule has 2 atom stereocenters. The Bertz CT molecular complexity index is 406. The highest BCUT2D eigenvalue weighted by atomic mass is 16.5. The van der Waals surface area contributed by atoms with Crippen LogP contribution in [0.1, 0.15) is 24.2 Å². The fourth-order valence-electron chi connectivity index (χ4n) is 1.99. The van der Waals surface area contributed by atoms with Gasteiger partial charge in [0, 0.05) is 12.6 Å². The summed E-state index contributed by atoms with van der Waals surface area (Å²) in [5, 5.41) is 2.85. The number of carbonyl (C=O) groups is 1. The quantitative estimate of drug-likeness (QED) is 0.811. The summed E-state index contributed by atoms with van der Waals surface area (Å²) in [6.07, 6.45) is 0.376. The number of ether oxygens (including phenoxy) is 1. The average molecular weight is 234 g/mol. The van der Waals surface area contributed by atoms with Crippen LogP contribution in [-0.4, -0.2) is 25.1 Å². The molecule has 1 amide bonds. The summed E-state index contributed by atoms with van der Waals surface area (Å²) in [5.74, 6) is -0.102. The van der Waals surface area contributed by atoms with Crippen molar-refractivity contribution in [1.29, 1.82) is 0 Å². The summed E-state index contributed by atoms with van der Waals surface area (Å²) in [5.41, 5.74) is 7.66. The molecular formula is C13H18N2O2. The molecule has 1 aromatic rings. The number of hydrogen-bond donors (Lipinski definition) is 2. The normalized spacial score (nSPS) is 20.5. The minimum absolute atomic E-state index is 0.0276. The van der Waals surface area contributed by atoms with Gasteiger partial charge in [-0.15, -0.1) is 0 Å². The second kappa shape index (κ2) is 5.29.